The fourth-order valence-corrected chi connectivity index (χ4v) is 10.0. The first-order valence-electron chi connectivity index (χ1n) is 28.9. The van der Waals surface area contributed by atoms with Gasteiger partial charge in [-0.25, -0.2) is 0 Å². The van der Waals surface area contributed by atoms with E-state index in [1.165, 1.54) is 122 Å². The monoisotopic (exact) mass is 1070 g/mol. The van der Waals surface area contributed by atoms with Crippen molar-refractivity contribution in [2.45, 2.75) is 304 Å². The Kier molecular flexibility index (Phi) is 35.9. The average molecular weight is 1070 g/mol. The van der Waals surface area contributed by atoms with E-state index in [1.807, 2.05) is 6.08 Å². The topological polar surface area (TPSA) is 307 Å². The lowest BCUT2D eigenvalue weighted by molar-refractivity contribution is -0.379. The second kappa shape index (κ2) is 39.8. The van der Waals surface area contributed by atoms with Gasteiger partial charge in [-0.2, -0.15) is 0 Å². The molecule has 0 aromatic heterocycles. The molecule has 0 saturated carbocycles. The molecule has 0 radical (unpaired) electrons. The van der Waals surface area contributed by atoms with Crippen LogP contribution in [0.25, 0.3) is 0 Å². The summed E-state index contributed by atoms with van der Waals surface area (Å²) in [5, 5.41) is 120. The molecule has 12 N–H and O–H groups in total. The van der Waals surface area contributed by atoms with Gasteiger partial charge in [0.1, 0.15) is 73.2 Å². The van der Waals surface area contributed by atoms with Crippen LogP contribution in [0, 0.1) is 0 Å². The van der Waals surface area contributed by atoms with Gasteiger partial charge < -0.3 is 89.9 Å². The van der Waals surface area contributed by atoms with Crippen LogP contribution in [0.4, 0.5) is 0 Å². The molecule has 3 fully saturated rings. The summed E-state index contributed by atoms with van der Waals surface area (Å²) in [4.78, 5) is 13.2. The molecule has 3 heterocycles. The Morgan fingerprint density at radius 1 is 0.473 bits per heavy atom. The van der Waals surface area contributed by atoms with Crippen LogP contribution in [-0.2, 0) is 33.2 Å². The van der Waals surface area contributed by atoms with Gasteiger partial charge in [0.05, 0.1) is 38.6 Å². The zero-order valence-corrected chi connectivity index (χ0v) is 45.1. The predicted octanol–water partition coefficient (Wildman–Crippen LogP) is 4.21. The van der Waals surface area contributed by atoms with Crippen LogP contribution in [0.2, 0.25) is 0 Å². The first-order chi connectivity index (χ1) is 35.8. The Bertz CT molecular complexity index is 1410. The summed E-state index contributed by atoms with van der Waals surface area (Å²) in [7, 11) is 0. The second-order valence-electron chi connectivity index (χ2n) is 21.1. The molecule has 1 amide bonds. The number of ether oxygens (including phenoxy) is 6. The van der Waals surface area contributed by atoms with Crippen molar-refractivity contribution in [1.82, 2.24) is 5.32 Å². The SMILES string of the molecule is CCCCCCCC/C=C/C(O)C(COC1OC(CO)C(OC2OC(CO)C(OC3OC(CO)C(O)C(O)C3O)C(O)C2O)C(O)C1O)NC(=O)CCCCCCCCCCCCCCCCCCCCCCC. The number of aliphatic hydroxyl groups is 11. The van der Waals surface area contributed by atoms with Crippen LogP contribution >= 0.6 is 0 Å². The molecule has 0 aromatic carbocycles. The largest absolute Gasteiger partial charge is 0.394 e. The summed E-state index contributed by atoms with van der Waals surface area (Å²) in [5.74, 6) is -0.276. The normalized spacial score (nSPS) is 31.5. The smallest absolute Gasteiger partial charge is 0.220 e. The van der Waals surface area contributed by atoms with E-state index in [4.69, 9.17) is 28.4 Å². The van der Waals surface area contributed by atoms with Crippen LogP contribution in [0.3, 0.4) is 0 Å². The standard InChI is InChI=1S/C55H103NO18/c1-3-5-7-9-11-13-14-15-16-17-18-19-20-21-22-23-24-25-27-29-31-33-43(61)56-38(39(60)32-30-28-26-12-10-8-6-4-2)37-69-53-49(67)46(64)51(41(35-58)71-53)74-55-50(68)47(65)52(42(36-59)72-55)73-54-48(66)45(63)44(62)40(34-57)70-54/h30,32,38-42,44-55,57-60,62-68H,3-29,31,33-37H2,1-2H3,(H,56,61)/b32-30+. The number of nitrogens with one attached hydrogen (secondary N) is 1. The van der Waals surface area contributed by atoms with Crippen molar-refractivity contribution in [2.75, 3.05) is 26.4 Å². The Balaban J connectivity index is 1.45. The highest BCUT2D eigenvalue weighted by Crippen LogP contribution is 2.33. The number of amides is 1. The number of hydrogen-bond acceptors (Lipinski definition) is 18. The predicted molar refractivity (Wildman–Crippen MR) is 277 cm³/mol. The molecule has 74 heavy (non-hydrogen) atoms. The molecule has 3 aliphatic heterocycles. The number of unbranched alkanes of at least 4 members (excludes halogenated alkanes) is 26. The molecule has 19 nitrogen and oxygen atoms in total. The summed E-state index contributed by atoms with van der Waals surface area (Å²) in [6.45, 7) is 1.67. The highest BCUT2D eigenvalue weighted by molar-refractivity contribution is 5.76. The van der Waals surface area contributed by atoms with Gasteiger partial charge in [0, 0.05) is 6.42 Å². The fourth-order valence-electron chi connectivity index (χ4n) is 10.0. The zero-order valence-electron chi connectivity index (χ0n) is 45.1. The molecule has 0 bridgehead atoms. The minimum atomic E-state index is -1.97. The maximum absolute atomic E-state index is 13.2. The number of allylic oxidation sites excluding steroid dienone is 1. The minimum Gasteiger partial charge on any atom is -0.394 e. The summed E-state index contributed by atoms with van der Waals surface area (Å²) >= 11 is 0. The van der Waals surface area contributed by atoms with E-state index in [0.717, 1.165) is 51.4 Å². The van der Waals surface area contributed by atoms with E-state index in [1.54, 1.807) is 6.08 Å². The number of rotatable bonds is 42. The van der Waals surface area contributed by atoms with Crippen molar-refractivity contribution >= 4 is 5.91 Å². The number of carbonyl (C=O) groups is 1. The number of hydrogen-bond donors (Lipinski definition) is 12. The van der Waals surface area contributed by atoms with E-state index < -0.39 is 124 Å². The van der Waals surface area contributed by atoms with E-state index in [9.17, 15) is 61.0 Å². The van der Waals surface area contributed by atoms with E-state index in [0.29, 0.717) is 6.42 Å². The molecular formula is C55H103NO18. The van der Waals surface area contributed by atoms with Gasteiger partial charge in [0.25, 0.3) is 0 Å². The number of carbonyl (C=O) groups excluding carboxylic acids is 1. The minimum absolute atomic E-state index is 0.248. The van der Waals surface area contributed by atoms with Gasteiger partial charge >= 0.3 is 0 Å². The second-order valence-corrected chi connectivity index (χ2v) is 21.1. The first kappa shape index (κ1) is 66.8. The van der Waals surface area contributed by atoms with Gasteiger partial charge in [-0.15, -0.1) is 0 Å². The lowest BCUT2D eigenvalue weighted by atomic mass is 9.96. The van der Waals surface area contributed by atoms with Crippen molar-refractivity contribution in [3.63, 3.8) is 0 Å². The maximum atomic E-state index is 13.2. The third-order valence-electron chi connectivity index (χ3n) is 14.8. The highest BCUT2D eigenvalue weighted by Gasteiger charge is 2.53. The van der Waals surface area contributed by atoms with Crippen molar-refractivity contribution in [3.05, 3.63) is 12.2 Å². The third-order valence-corrected chi connectivity index (χ3v) is 14.8. The van der Waals surface area contributed by atoms with Crippen LogP contribution < -0.4 is 5.32 Å². The summed E-state index contributed by atoms with van der Waals surface area (Å²) in [6, 6.07) is -0.964. The maximum Gasteiger partial charge on any atom is 0.220 e. The summed E-state index contributed by atoms with van der Waals surface area (Å²) in [5.41, 5.74) is 0. The Hall–Kier alpha value is -1.47. The van der Waals surface area contributed by atoms with E-state index >= 15 is 0 Å². The quantitative estimate of drug-likeness (QED) is 0.0301. The molecule has 3 rings (SSSR count). The molecule has 0 spiro atoms. The number of aliphatic hydroxyl groups excluding tert-OH is 11. The van der Waals surface area contributed by atoms with E-state index in [-0.39, 0.29) is 18.9 Å². The van der Waals surface area contributed by atoms with E-state index in [2.05, 4.69) is 19.2 Å². The van der Waals surface area contributed by atoms with Crippen molar-refractivity contribution in [2.24, 2.45) is 0 Å². The lowest BCUT2D eigenvalue weighted by Crippen LogP contribution is -2.66. The molecule has 436 valence electrons. The highest BCUT2D eigenvalue weighted by atomic mass is 16.8. The molecule has 0 aromatic rings. The van der Waals surface area contributed by atoms with Crippen LogP contribution in [0.15, 0.2) is 12.2 Å². The van der Waals surface area contributed by atoms with Gasteiger partial charge in [0.15, 0.2) is 18.9 Å². The molecule has 3 saturated heterocycles. The molecule has 3 aliphatic rings. The fraction of sp³-hybridized carbons (Fsp3) is 0.945. The van der Waals surface area contributed by atoms with Gasteiger partial charge in [-0.1, -0.05) is 187 Å². The Labute approximate surface area is 442 Å². The Morgan fingerprint density at radius 3 is 1.27 bits per heavy atom. The van der Waals surface area contributed by atoms with Crippen LogP contribution in [0.1, 0.15) is 200 Å². The Morgan fingerprint density at radius 2 is 0.838 bits per heavy atom. The van der Waals surface area contributed by atoms with Gasteiger partial charge in [-0.05, 0) is 19.3 Å². The molecule has 17 atom stereocenters. The third kappa shape index (κ3) is 24.3. The van der Waals surface area contributed by atoms with Gasteiger partial charge in [-0.3, -0.25) is 4.79 Å². The van der Waals surface area contributed by atoms with Gasteiger partial charge in [0.2, 0.25) is 5.91 Å². The lowest BCUT2D eigenvalue weighted by Gasteiger charge is -2.48. The molecule has 17 unspecified atom stereocenters. The van der Waals surface area contributed by atoms with Crippen LogP contribution in [-0.4, -0.2) is 193 Å². The molecule has 19 heteroatoms. The van der Waals surface area contributed by atoms with Crippen molar-refractivity contribution in [3.8, 4) is 0 Å². The summed E-state index contributed by atoms with van der Waals surface area (Å²) < 4.78 is 34.1. The zero-order chi connectivity index (χ0) is 54.1. The van der Waals surface area contributed by atoms with Crippen LogP contribution in [0.5, 0.6) is 0 Å². The summed E-state index contributed by atoms with van der Waals surface area (Å²) in [6.07, 6.45) is 10.9. The van der Waals surface area contributed by atoms with Crippen molar-refractivity contribution < 1.29 is 89.4 Å². The first-order valence-corrected chi connectivity index (χ1v) is 28.9. The molecular weight excluding hydrogens is 963 g/mol. The molecule has 0 aliphatic carbocycles. The van der Waals surface area contributed by atoms with Crippen molar-refractivity contribution in [1.29, 1.82) is 0 Å². The average Bonchev–Trinajstić information content (AvgIpc) is 3.40.